The van der Waals surface area contributed by atoms with Crippen molar-refractivity contribution in [2.75, 3.05) is 33.7 Å². The number of carbonyl (C=O) groups excluding carboxylic acids is 1. The topological polar surface area (TPSA) is 81.0 Å². The number of ether oxygens (including phenoxy) is 4. The van der Waals surface area contributed by atoms with Crippen LogP contribution < -0.4 is 4.74 Å². The van der Waals surface area contributed by atoms with Crippen LogP contribution in [-0.2, 0) is 14.2 Å². The van der Waals surface area contributed by atoms with Crippen LogP contribution in [0.4, 0.5) is 4.79 Å². The van der Waals surface area contributed by atoms with Gasteiger partial charge in [-0.15, -0.1) is 0 Å². The molecule has 158 valence electrons. The lowest BCUT2D eigenvalue weighted by atomic mass is 10.1. The van der Waals surface area contributed by atoms with E-state index < -0.39 is 5.60 Å². The summed E-state index contributed by atoms with van der Waals surface area (Å²) in [5.41, 5.74) is 0.766. The Balaban J connectivity index is 2.09. The molecule has 0 radical (unpaired) electrons. The molecule has 1 saturated heterocycles. The minimum atomic E-state index is -0.529. The summed E-state index contributed by atoms with van der Waals surface area (Å²) in [6.07, 6.45) is 5.33. The Hall–Kier alpha value is -2.56. The number of hydrogen-bond acceptors (Lipinski definition) is 6. The van der Waals surface area contributed by atoms with Crippen LogP contribution in [0, 0.1) is 11.3 Å². The molecule has 0 spiro atoms. The second kappa shape index (κ2) is 10.8. The highest BCUT2D eigenvalue weighted by molar-refractivity contribution is 5.70. The maximum atomic E-state index is 12.5. The van der Waals surface area contributed by atoms with Crippen LogP contribution in [0.3, 0.4) is 0 Å². The fraction of sp³-hybridized carbons (Fsp3) is 0.545. The highest BCUT2D eigenvalue weighted by Crippen LogP contribution is 2.26. The fourth-order valence-electron chi connectivity index (χ4n) is 2.94. The predicted octanol–water partition coefficient (Wildman–Crippen LogP) is 3.97. The molecule has 1 heterocycles. The molecule has 1 amide bonds. The van der Waals surface area contributed by atoms with Gasteiger partial charge in [-0.25, -0.2) is 4.79 Å². The molecule has 0 unspecified atom stereocenters. The van der Waals surface area contributed by atoms with Crippen molar-refractivity contribution in [3.05, 3.63) is 35.4 Å². The number of benzene rings is 1. The number of rotatable bonds is 8. The first-order valence-corrected chi connectivity index (χ1v) is 9.75. The molecule has 7 heteroatoms. The van der Waals surface area contributed by atoms with Gasteiger partial charge >= 0.3 is 6.09 Å². The molecule has 0 aromatic heterocycles. The van der Waals surface area contributed by atoms with Crippen molar-refractivity contribution in [3.8, 4) is 11.8 Å². The van der Waals surface area contributed by atoms with Gasteiger partial charge in [-0.2, -0.15) is 5.26 Å². The molecular weight excluding hydrogens is 372 g/mol. The molecular formula is C22H30N2O5. The summed E-state index contributed by atoms with van der Waals surface area (Å²) in [7, 11) is 1.61. The highest BCUT2D eigenvalue weighted by atomic mass is 16.7. The third kappa shape index (κ3) is 7.41. The lowest BCUT2D eigenvalue weighted by Gasteiger charge is -2.27. The van der Waals surface area contributed by atoms with Crippen LogP contribution in [0.5, 0.6) is 5.75 Å². The first-order valence-electron chi connectivity index (χ1n) is 9.75. The summed E-state index contributed by atoms with van der Waals surface area (Å²) in [6, 6.07) is 7.29. The molecule has 1 aliphatic heterocycles. The van der Waals surface area contributed by atoms with E-state index >= 15 is 0 Å². The summed E-state index contributed by atoms with van der Waals surface area (Å²) >= 11 is 0. The molecule has 1 fully saturated rings. The van der Waals surface area contributed by atoms with E-state index in [1.54, 1.807) is 30.2 Å². The number of carbonyl (C=O) groups is 1. The molecule has 2 rings (SSSR count). The molecule has 1 aromatic carbocycles. The summed E-state index contributed by atoms with van der Waals surface area (Å²) in [5, 5.41) is 9.21. The fourth-order valence-corrected chi connectivity index (χ4v) is 2.94. The van der Waals surface area contributed by atoms with Crippen LogP contribution in [0.1, 0.15) is 44.7 Å². The molecule has 1 aliphatic rings. The Bertz CT molecular complexity index is 749. The average molecular weight is 402 g/mol. The average Bonchev–Trinajstić information content (AvgIpc) is 3.14. The van der Waals surface area contributed by atoms with E-state index in [1.807, 2.05) is 32.9 Å². The van der Waals surface area contributed by atoms with Gasteiger partial charge < -0.3 is 23.8 Å². The van der Waals surface area contributed by atoms with E-state index in [1.165, 1.54) is 0 Å². The maximum Gasteiger partial charge on any atom is 0.410 e. The van der Waals surface area contributed by atoms with E-state index in [-0.39, 0.29) is 18.9 Å². The zero-order valence-electron chi connectivity index (χ0n) is 17.6. The SMILES string of the molecule is COCCOCOc1ccc(C#N)cc1C=C[C@H]1CCCN1C(=O)OC(C)(C)C. The third-order valence-electron chi connectivity index (χ3n) is 4.29. The van der Waals surface area contributed by atoms with Crippen molar-refractivity contribution in [1.82, 2.24) is 4.90 Å². The van der Waals surface area contributed by atoms with E-state index in [0.717, 1.165) is 18.4 Å². The first-order chi connectivity index (χ1) is 13.8. The van der Waals surface area contributed by atoms with Crippen LogP contribution in [0.2, 0.25) is 0 Å². The Morgan fingerprint density at radius 2 is 2.14 bits per heavy atom. The van der Waals surface area contributed by atoms with Gasteiger partial charge in [0.15, 0.2) is 6.79 Å². The Morgan fingerprint density at radius 1 is 1.34 bits per heavy atom. The smallest absolute Gasteiger partial charge is 0.410 e. The number of amides is 1. The van der Waals surface area contributed by atoms with E-state index in [2.05, 4.69) is 6.07 Å². The molecule has 1 aromatic rings. The van der Waals surface area contributed by atoms with Gasteiger partial charge in [0.25, 0.3) is 0 Å². The molecule has 7 nitrogen and oxygen atoms in total. The maximum absolute atomic E-state index is 12.5. The molecule has 0 saturated carbocycles. The molecule has 0 N–H and O–H groups in total. The van der Waals surface area contributed by atoms with Crippen LogP contribution in [0.15, 0.2) is 24.3 Å². The largest absolute Gasteiger partial charge is 0.467 e. The van der Waals surface area contributed by atoms with Crippen molar-refractivity contribution in [2.24, 2.45) is 0 Å². The Labute approximate surface area is 172 Å². The van der Waals surface area contributed by atoms with Crippen LogP contribution in [0.25, 0.3) is 6.08 Å². The first kappa shape index (κ1) is 22.7. The highest BCUT2D eigenvalue weighted by Gasteiger charge is 2.30. The predicted molar refractivity (Wildman–Crippen MR) is 109 cm³/mol. The van der Waals surface area contributed by atoms with Crippen molar-refractivity contribution < 1.29 is 23.7 Å². The monoisotopic (exact) mass is 402 g/mol. The second-order valence-corrected chi connectivity index (χ2v) is 7.77. The number of nitriles is 1. The number of nitrogens with zero attached hydrogens (tertiary/aromatic N) is 2. The van der Waals surface area contributed by atoms with Crippen molar-refractivity contribution in [2.45, 2.75) is 45.3 Å². The Kier molecular flexibility index (Phi) is 8.50. The minimum Gasteiger partial charge on any atom is -0.467 e. The van der Waals surface area contributed by atoms with E-state index in [9.17, 15) is 10.1 Å². The summed E-state index contributed by atoms with van der Waals surface area (Å²) < 4.78 is 21.5. The minimum absolute atomic E-state index is 0.0543. The van der Waals surface area contributed by atoms with Gasteiger partial charge in [-0.05, 0) is 51.8 Å². The Morgan fingerprint density at radius 3 is 2.83 bits per heavy atom. The zero-order chi connectivity index (χ0) is 21.3. The number of likely N-dealkylation sites (tertiary alicyclic amines) is 1. The molecule has 0 aliphatic carbocycles. The number of methoxy groups -OCH3 is 1. The quantitative estimate of drug-likeness (QED) is 0.483. The van der Waals surface area contributed by atoms with Gasteiger partial charge in [0.05, 0.1) is 30.9 Å². The molecule has 0 bridgehead atoms. The van der Waals surface area contributed by atoms with E-state index in [0.29, 0.717) is 31.1 Å². The normalized spacial score (nSPS) is 16.8. The summed E-state index contributed by atoms with van der Waals surface area (Å²) in [5.74, 6) is 0.611. The standard InChI is InChI=1S/C22H30N2O5/c1-22(2,3)29-21(25)24-11-5-6-19(24)9-8-18-14-17(15-23)7-10-20(18)28-16-27-13-12-26-4/h7-10,14,19H,5-6,11-13,16H2,1-4H3/t19-/m1/s1. The van der Waals surface area contributed by atoms with Gasteiger partial charge in [-0.1, -0.05) is 12.2 Å². The van der Waals surface area contributed by atoms with Gasteiger partial charge in [0.1, 0.15) is 11.4 Å². The van der Waals surface area contributed by atoms with Crippen molar-refractivity contribution in [3.63, 3.8) is 0 Å². The van der Waals surface area contributed by atoms with E-state index in [4.69, 9.17) is 18.9 Å². The lowest BCUT2D eigenvalue weighted by Crippen LogP contribution is -2.39. The van der Waals surface area contributed by atoms with Gasteiger partial charge in [-0.3, -0.25) is 0 Å². The van der Waals surface area contributed by atoms with Gasteiger partial charge in [0.2, 0.25) is 0 Å². The lowest BCUT2D eigenvalue weighted by molar-refractivity contribution is -0.00856. The third-order valence-corrected chi connectivity index (χ3v) is 4.29. The van der Waals surface area contributed by atoms with Crippen molar-refractivity contribution in [1.29, 1.82) is 5.26 Å². The van der Waals surface area contributed by atoms with Crippen LogP contribution >= 0.6 is 0 Å². The summed E-state index contributed by atoms with van der Waals surface area (Å²) in [6.45, 7) is 7.26. The van der Waals surface area contributed by atoms with Gasteiger partial charge in [0, 0.05) is 19.2 Å². The van der Waals surface area contributed by atoms with Crippen LogP contribution in [-0.4, -0.2) is 56.3 Å². The number of hydrogen-bond donors (Lipinski definition) is 0. The molecule has 29 heavy (non-hydrogen) atoms. The molecule has 1 atom stereocenters. The summed E-state index contributed by atoms with van der Waals surface area (Å²) in [4.78, 5) is 14.2. The van der Waals surface area contributed by atoms with Crippen molar-refractivity contribution >= 4 is 12.2 Å². The second-order valence-electron chi connectivity index (χ2n) is 7.77. The zero-order valence-corrected chi connectivity index (χ0v) is 17.6.